The molecule has 3 nitrogen and oxygen atoms in total. The number of hydrogen-bond acceptors (Lipinski definition) is 3. The minimum atomic E-state index is -3.25. The van der Waals surface area contributed by atoms with Crippen LogP contribution in [0.5, 0.6) is 0 Å². The Morgan fingerprint density at radius 3 is 2.17 bits per heavy atom. The average molecular weight is 290 g/mol. The number of benzene rings is 1. The maximum absolute atomic E-state index is 11.8. The Bertz CT molecular complexity index is 565. The highest BCUT2D eigenvalue weighted by atomic mass is 35.5. The van der Waals surface area contributed by atoms with Gasteiger partial charge in [-0.25, -0.2) is 8.42 Å². The summed E-state index contributed by atoms with van der Waals surface area (Å²) in [5.74, 6) is 0. The van der Waals surface area contributed by atoms with Gasteiger partial charge in [0.2, 0.25) is 0 Å². The molecule has 0 fully saturated rings. The standard InChI is InChI=1S/C13H20ClNO2S/c1-8-7-11(14)9(2)6-10(8)12(15)13(3,4)18(5,16)17/h6-7,12H,15H2,1-5H3. The number of halogens is 1. The summed E-state index contributed by atoms with van der Waals surface area (Å²) >= 11 is 6.04. The van der Waals surface area contributed by atoms with Gasteiger partial charge in [-0.3, -0.25) is 0 Å². The van der Waals surface area contributed by atoms with Gasteiger partial charge in [-0.2, -0.15) is 0 Å². The fourth-order valence-corrected chi connectivity index (χ4v) is 2.55. The van der Waals surface area contributed by atoms with E-state index < -0.39 is 20.6 Å². The molecule has 0 amide bonds. The molecule has 102 valence electrons. The van der Waals surface area contributed by atoms with Crippen LogP contribution in [0.2, 0.25) is 5.02 Å². The highest BCUT2D eigenvalue weighted by molar-refractivity contribution is 7.92. The summed E-state index contributed by atoms with van der Waals surface area (Å²) in [5.41, 5.74) is 8.79. The van der Waals surface area contributed by atoms with E-state index in [0.29, 0.717) is 5.02 Å². The summed E-state index contributed by atoms with van der Waals surface area (Å²) in [7, 11) is -3.25. The highest BCUT2D eigenvalue weighted by Gasteiger charge is 2.38. The SMILES string of the molecule is Cc1cc(C(N)C(C)(C)S(C)(=O)=O)c(C)cc1Cl. The number of hydrogen-bond donors (Lipinski definition) is 1. The third-order valence-corrected chi connectivity index (χ3v) is 6.16. The Morgan fingerprint density at radius 2 is 1.72 bits per heavy atom. The fourth-order valence-electron chi connectivity index (χ4n) is 1.74. The summed E-state index contributed by atoms with van der Waals surface area (Å²) in [6.45, 7) is 7.07. The van der Waals surface area contributed by atoms with Crippen molar-refractivity contribution in [1.29, 1.82) is 0 Å². The summed E-state index contributed by atoms with van der Waals surface area (Å²) in [5, 5.41) is 0.667. The van der Waals surface area contributed by atoms with Crippen LogP contribution < -0.4 is 5.73 Å². The molecule has 18 heavy (non-hydrogen) atoms. The number of aryl methyl sites for hydroxylation is 2. The molecule has 0 saturated carbocycles. The van der Waals surface area contributed by atoms with Crippen LogP contribution in [-0.2, 0) is 9.84 Å². The molecule has 0 aliphatic carbocycles. The lowest BCUT2D eigenvalue weighted by Gasteiger charge is -2.31. The first-order chi connectivity index (χ1) is 7.98. The zero-order valence-electron chi connectivity index (χ0n) is 11.4. The van der Waals surface area contributed by atoms with Crippen molar-refractivity contribution in [3.8, 4) is 0 Å². The van der Waals surface area contributed by atoms with Gasteiger partial charge in [0.1, 0.15) is 0 Å². The normalized spacial score (nSPS) is 14.6. The van der Waals surface area contributed by atoms with Crippen LogP contribution in [0.4, 0.5) is 0 Å². The van der Waals surface area contributed by atoms with E-state index in [9.17, 15) is 8.42 Å². The minimum Gasteiger partial charge on any atom is -0.323 e. The molecule has 0 spiro atoms. The Labute approximate surface area is 114 Å². The summed E-state index contributed by atoms with van der Waals surface area (Å²) < 4.78 is 22.6. The monoisotopic (exact) mass is 289 g/mol. The van der Waals surface area contributed by atoms with Crippen LogP contribution in [0.15, 0.2) is 12.1 Å². The lowest BCUT2D eigenvalue weighted by Crippen LogP contribution is -2.42. The van der Waals surface area contributed by atoms with Crippen molar-refractivity contribution in [2.24, 2.45) is 5.73 Å². The number of rotatable bonds is 3. The van der Waals surface area contributed by atoms with Crippen molar-refractivity contribution < 1.29 is 8.42 Å². The summed E-state index contributed by atoms with van der Waals surface area (Å²) in [4.78, 5) is 0. The lowest BCUT2D eigenvalue weighted by molar-refractivity contribution is 0.495. The van der Waals surface area contributed by atoms with Crippen molar-refractivity contribution >= 4 is 21.4 Å². The maximum atomic E-state index is 11.8. The van der Waals surface area contributed by atoms with Gasteiger partial charge in [0.25, 0.3) is 0 Å². The molecular formula is C13H20ClNO2S. The molecular weight excluding hydrogens is 270 g/mol. The van der Waals surface area contributed by atoms with Crippen molar-refractivity contribution in [2.45, 2.75) is 38.5 Å². The Morgan fingerprint density at radius 1 is 1.22 bits per heavy atom. The van der Waals surface area contributed by atoms with Crippen LogP contribution in [0, 0.1) is 13.8 Å². The topological polar surface area (TPSA) is 60.2 Å². The van der Waals surface area contributed by atoms with Crippen LogP contribution in [-0.4, -0.2) is 19.4 Å². The molecule has 1 atom stereocenters. The van der Waals surface area contributed by atoms with Crippen LogP contribution in [0.25, 0.3) is 0 Å². The molecule has 0 bridgehead atoms. The first-order valence-corrected chi connectivity index (χ1v) is 7.97. The molecule has 0 aromatic heterocycles. The Kier molecular flexibility index (Phi) is 4.16. The van der Waals surface area contributed by atoms with E-state index in [0.717, 1.165) is 16.7 Å². The van der Waals surface area contributed by atoms with Gasteiger partial charge in [-0.15, -0.1) is 0 Å². The molecule has 0 aliphatic rings. The predicted octanol–water partition coefficient (Wildman–Crippen LogP) is 2.78. The lowest BCUT2D eigenvalue weighted by atomic mass is 9.91. The molecule has 5 heteroatoms. The maximum Gasteiger partial charge on any atom is 0.154 e. The molecule has 1 aromatic carbocycles. The molecule has 0 aliphatic heterocycles. The molecule has 0 radical (unpaired) electrons. The fraction of sp³-hybridized carbons (Fsp3) is 0.538. The van der Waals surface area contributed by atoms with Gasteiger partial charge in [-0.05, 0) is 50.5 Å². The van der Waals surface area contributed by atoms with Gasteiger partial charge < -0.3 is 5.73 Å². The second kappa shape index (κ2) is 4.83. The van der Waals surface area contributed by atoms with Gasteiger partial charge >= 0.3 is 0 Å². The minimum absolute atomic E-state index is 0.580. The second-order valence-corrected chi connectivity index (χ2v) is 8.31. The van der Waals surface area contributed by atoms with Crippen molar-refractivity contribution in [1.82, 2.24) is 0 Å². The smallest absolute Gasteiger partial charge is 0.154 e. The zero-order valence-corrected chi connectivity index (χ0v) is 13.0. The Balaban J connectivity index is 3.36. The summed E-state index contributed by atoms with van der Waals surface area (Å²) in [6.07, 6.45) is 1.21. The molecule has 0 saturated heterocycles. The third kappa shape index (κ3) is 2.71. The van der Waals surface area contributed by atoms with Gasteiger partial charge in [0, 0.05) is 17.3 Å². The molecule has 1 unspecified atom stereocenters. The number of nitrogens with two attached hydrogens (primary N) is 1. The van der Waals surface area contributed by atoms with Gasteiger partial charge in [-0.1, -0.05) is 17.7 Å². The van der Waals surface area contributed by atoms with E-state index in [1.54, 1.807) is 13.8 Å². The first-order valence-electron chi connectivity index (χ1n) is 5.70. The van der Waals surface area contributed by atoms with E-state index in [4.69, 9.17) is 17.3 Å². The molecule has 1 aromatic rings. The van der Waals surface area contributed by atoms with Crippen molar-refractivity contribution in [3.05, 3.63) is 33.8 Å². The largest absolute Gasteiger partial charge is 0.323 e. The van der Waals surface area contributed by atoms with Crippen molar-refractivity contribution in [3.63, 3.8) is 0 Å². The molecule has 0 heterocycles. The third-order valence-electron chi connectivity index (χ3n) is 3.59. The zero-order chi connectivity index (χ0) is 14.3. The van der Waals surface area contributed by atoms with Crippen LogP contribution in [0.1, 0.15) is 36.6 Å². The summed E-state index contributed by atoms with van der Waals surface area (Å²) in [6, 6.07) is 3.11. The van der Waals surface area contributed by atoms with E-state index in [-0.39, 0.29) is 0 Å². The van der Waals surface area contributed by atoms with E-state index >= 15 is 0 Å². The van der Waals surface area contributed by atoms with Crippen molar-refractivity contribution in [2.75, 3.05) is 6.26 Å². The molecule has 2 N–H and O–H groups in total. The van der Waals surface area contributed by atoms with Crippen LogP contribution >= 0.6 is 11.6 Å². The average Bonchev–Trinajstić information content (AvgIpc) is 2.20. The van der Waals surface area contributed by atoms with Crippen LogP contribution in [0.3, 0.4) is 0 Å². The highest BCUT2D eigenvalue weighted by Crippen LogP contribution is 2.33. The number of sulfone groups is 1. The van der Waals surface area contributed by atoms with E-state index in [1.807, 2.05) is 26.0 Å². The predicted molar refractivity (Wildman–Crippen MR) is 76.8 cm³/mol. The van der Waals surface area contributed by atoms with E-state index in [1.165, 1.54) is 6.26 Å². The first kappa shape index (κ1) is 15.5. The van der Waals surface area contributed by atoms with Gasteiger partial charge in [0.05, 0.1) is 4.75 Å². The van der Waals surface area contributed by atoms with E-state index in [2.05, 4.69) is 0 Å². The molecule has 1 rings (SSSR count). The Hall–Kier alpha value is -0.580. The second-order valence-electron chi connectivity index (χ2n) is 5.31. The quantitative estimate of drug-likeness (QED) is 0.931. The van der Waals surface area contributed by atoms with Gasteiger partial charge in [0.15, 0.2) is 9.84 Å².